The van der Waals surface area contributed by atoms with Crippen molar-refractivity contribution >= 4 is 0 Å². The zero-order chi connectivity index (χ0) is 14.4. The zero-order valence-corrected chi connectivity index (χ0v) is 12.6. The molecule has 1 aromatic carbocycles. The molecule has 2 rings (SSSR count). The molecule has 0 amide bonds. The number of hydrogen-bond acceptors (Lipinski definition) is 3. The molecule has 1 atom stereocenters. The molecule has 0 aliphatic heterocycles. The van der Waals surface area contributed by atoms with Crippen LogP contribution >= 0.6 is 0 Å². The molecule has 0 radical (unpaired) electrons. The molecule has 3 heteroatoms. The first-order chi connectivity index (χ1) is 9.76. The Morgan fingerprint density at radius 3 is 2.65 bits per heavy atom. The SMILES string of the molecule is CCCOc1ccc(C(N)CN)cc1C1CCCCC1. The third-order valence-electron chi connectivity index (χ3n) is 4.22. The molecule has 1 saturated carbocycles. The topological polar surface area (TPSA) is 61.3 Å². The number of ether oxygens (including phenoxy) is 1. The number of nitrogens with two attached hydrogens (primary N) is 2. The zero-order valence-electron chi connectivity index (χ0n) is 12.6. The summed E-state index contributed by atoms with van der Waals surface area (Å²) in [5, 5.41) is 0. The van der Waals surface area contributed by atoms with Gasteiger partial charge >= 0.3 is 0 Å². The van der Waals surface area contributed by atoms with Crippen molar-refractivity contribution in [2.75, 3.05) is 13.2 Å². The van der Waals surface area contributed by atoms with Gasteiger partial charge in [-0.3, -0.25) is 0 Å². The Hall–Kier alpha value is -1.06. The molecule has 0 heterocycles. The first kappa shape index (κ1) is 15.3. The Kier molecular flexibility index (Phi) is 5.86. The van der Waals surface area contributed by atoms with Crippen LogP contribution in [0, 0.1) is 0 Å². The van der Waals surface area contributed by atoms with E-state index in [0.717, 1.165) is 24.3 Å². The smallest absolute Gasteiger partial charge is 0.122 e. The van der Waals surface area contributed by atoms with Gasteiger partial charge in [0, 0.05) is 12.6 Å². The summed E-state index contributed by atoms with van der Waals surface area (Å²) in [5.41, 5.74) is 14.3. The van der Waals surface area contributed by atoms with Crippen LogP contribution in [0.4, 0.5) is 0 Å². The standard InChI is InChI=1S/C17H28N2O/c1-2-10-20-17-9-8-14(16(19)12-18)11-15(17)13-6-4-3-5-7-13/h8-9,11,13,16H,2-7,10,12,18-19H2,1H3. The fraction of sp³-hybridized carbons (Fsp3) is 0.647. The fourth-order valence-corrected chi connectivity index (χ4v) is 3.01. The van der Waals surface area contributed by atoms with Crippen LogP contribution in [-0.4, -0.2) is 13.2 Å². The Morgan fingerprint density at radius 2 is 2.00 bits per heavy atom. The van der Waals surface area contributed by atoms with Crippen molar-refractivity contribution in [2.24, 2.45) is 11.5 Å². The van der Waals surface area contributed by atoms with Gasteiger partial charge in [-0.2, -0.15) is 0 Å². The molecule has 1 aliphatic carbocycles. The van der Waals surface area contributed by atoms with Gasteiger partial charge in [-0.1, -0.05) is 38.3 Å². The lowest BCUT2D eigenvalue weighted by Crippen LogP contribution is -2.21. The third kappa shape index (κ3) is 3.74. The monoisotopic (exact) mass is 276 g/mol. The van der Waals surface area contributed by atoms with E-state index >= 15 is 0 Å². The Balaban J connectivity index is 2.26. The molecule has 0 aromatic heterocycles. The molecule has 112 valence electrons. The van der Waals surface area contributed by atoms with Crippen molar-refractivity contribution in [2.45, 2.75) is 57.4 Å². The molecule has 1 aliphatic rings. The van der Waals surface area contributed by atoms with Gasteiger partial charge in [0.05, 0.1) is 6.61 Å². The maximum atomic E-state index is 6.08. The molecular formula is C17H28N2O. The van der Waals surface area contributed by atoms with Crippen LogP contribution in [0.1, 0.15) is 68.5 Å². The van der Waals surface area contributed by atoms with Crippen LogP contribution in [0.2, 0.25) is 0 Å². The molecule has 0 saturated heterocycles. The van der Waals surface area contributed by atoms with E-state index in [0.29, 0.717) is 12.5 Å². The lowest BCUT2D eigenvalue weighted by molar-refractivity contribution is 0.307. The van der Waals surface area contributed by atoms with E-state index in [2.05, 4.69) is 25.1 Å². The quantitative estimate of drug-likeness (QED) is 0.836. The van der Waals surface area contributed by atoms with E-state index in [9.17, 15) is 0 Å². The molecular weight excluding hydrogens is 248 g/mol. The van der Waals surface area contributed by atoms with Crippen molar-refractivity contribution in [1.82, 2.24) is 0 Å². The average Bonchev–Trinajstić information content (AvgIpc) is 2.52. The van der Waals surface area contributed by atoms with Gasteiger partial charge in [0.2, 0.25) is 0 Å². The number of rotatable bonds is 6. The Bertz CT molecular complexity index is 413. The highest BCUT2D eigenvalue weighted by Crippen LogP contribution is 2.38. The second kappa shape index (κ2) is 7.65. The summed E-state index contributed by atoms with van der Waals surface area (Å²) in [6.45, 7) is 3.40. The van der Waals surface area contributed by atoms with Crippen molar-refractivity contribution in [3.8, 4) is 5.75 Å². The van der Waals surface area contributed by atoms with Gasteiger partial charge < -0.3 is 16.2 Å². The van der Waals surface area contributed by atoms with Crippen molar-refractivity contribution in [3.63, 3.8) is 0 Å². The second-order valence-corrected chi connectivity index (χ2v) is 5.82. The van der Waals surface area contributed by atoms with Gasteiger partial charge in [-0.25, -0.2) is 0 Å². The van der Waals surface area contributed by atoms with Gasteiger partial charge in [-0.15, -0.1) is 0 Å². The molecule has 0 bridgehead atoms. The van der Waals surface area contributed by atoms with E-state index in [4.69, 9.17) is 16.2 Å². The van der Waals surface area contributed by atoms with E-state index in [1.54, 1.807) is 0 Å². The minimum atomic E-state index is -0.0717. The van der Waals surface area contributed by atoms with E-state index in [1.165, 1.54) is 37.7 Å². The summed E-state index contributed by atoms with van der Waals surface area (Å²) in [6, 6.07) is 6.32. The molecule has 3 nitrogen and oxygen atoms in total. The largest absolute Gasteiger partial charge is 0.493 e. The van der Waals surface area contributed by atoms with Gasteiger partial charge in [-0.05, 0) is 42.4 Å². The summed E-state index contributed by atoms with van der Waals surface area (Å²) < 4.78 is 5.94. The summed E-state index contributed by atoms with van der Waals surface area (Å²) in [7, 11) is 0. The maximum absolute atomic E-state index is 6.08. The minimum Gasteiger partial charge on any atom is -0.493 e. The highest BCUT2D eigenvalue weighted by molar-refractivity contribution is 5.41. The van der Waals surface area contributed by atoms with Gasteiger partial charge in [0.25, 0.3) is 0 Å². The van der Waals surface area contributed by atoms with E-state index < -0.39 is 0 Å². The van der Waals surface area contributed by atoms with Gasteiger partial charge in [0.15, 0.2) is 0 Å². The number of benzene rings is 1. The third-order valence-corrected chi connectivity index (χ3v) is 4.22. The summed E-state index contributed by atoms with van der Waals surface area (Å²) in [4.78, 5) is 0. The van der Waals surface area contributed by atoms with Crippen LogP contribution in [0.5, 0.6) is 5.75 Å². The first-order valence-corrected chi connectivity index (χ1v) is 7.98. The van der Waals surface area contributed by atoms with Crippen LogP contribution in [0.15, 0.2) is 18.2 Å². The van der Waals surface area contributed by atoms with Gasteiger partial charge in [0.1, 0.15) is 5.75 Å². The normalized spacial score (nSPS) is 17.9. The van der Waals surface area contributed by atoms with Crippen LogP contribution in [-0.2, 0) is 0 Å². The van der Waals surface area contributed by atoms with Crippen molar-refractivity contribution in [1.29, 1.82) is 0 Å². The van der Waals surface area contributed by atoms with Crippen LogP contribution in [0.3, 0.4) is 0 Å². The second-order valence-electron chi connectivity index (χ2n) is 5.82. The van der Waals surface area contributed by atoms with Crippen molar-refractivity contribution < 1.29 is 4.74 Å². The predicted octanol–water partition coefficient (Wildman–Crippen LogP) is 3.48. The maximum Gasteiger partial charge on any atom is 0.122 e. The lowest BCUT2D eigenvalue weighted by Gasteiger charge is -2.25. The average molecular weight is 276 g/mol. The van der Waals surface area contributed by atoms with Crippen LogP contribution in [0.25, 0.3) is 0 Å². The lowest BCUT2D eigenvalue weighted by atomic mass is 9.82. The van der Waals surface area contributed by atoms with Crippen LogP contribution < -0.4 is 16.2 Å². The molecule has 1 aromatic rings. The summed E-state index contributed by atoms with van der Waals surface area (Å²) >= 11 is 0. The minimum absolute atomic E-state index is 0.0717. The first-order valence-electron chi connectivity index (χ1n) is 7.98. The summed E-state index contributed by atoms with van der Waals surface area (Å²) in [6.07, 6.45) is 7.58. The predicted molar refractivity (Wildman–Crippen MR) is 84.0 cm³/mol. The Morgan fingerprint density at radius 1 is 1.25 bits per heavy atom. The molecule has 1 unspecified atom stereocenters. The Labute approximate surface area is 122 Å². The summed E-state index contributed by atoms with van der Waals surface area (Å²) in [5.74, 6) is 1.67. The number of hydrogen-bond donors (Lipinski definition) is 2. The highest BCUT2D eigenvalue weighted by atomic mass is 16.5. The van der Waals surface area contributed by atoms with E-state index in [-0.39, 0.29) is 6.04 Å². The van der Waals surface area contributed by atoms with E-state index in [1.807, 2.05) is 0 Å². The molecule has 20 heavy (non-hydrogen) atoms. The van der Waals surface area contributed by atoms with Crippen molar-refractivity contribution in [3.05, 3.63) is 29.3 Å². The molecule has 4 N–H and O–H groups in total. The fourth-order valence-electron chi connectivity index (χ4n) is 3.01. The molecule has 0 spiro atoms. The molecule has 1 fully saturated rings. The highest BCUT2D eigenvalue weighted by Gasteiger charge is 2.20.